The number of nitrogens with two attached hydrogens (primary N) is 1. The van der Waals surface area contributed by atoms with Crippen LogP contribution in [-0.4, -0.2) is 0 Å². The van der Waals surface area contributed by atoms with Gasteiger partial charge in [0.15, 0.2) is 0 Å². The zero-order valence-electron chi connectivity index (χ0n) is 9.08. The van der Waals surface area contributed by atoms with Crippen molar-refractivity contribution in [2.75, 3.05) is 0 Å². The van der Waals surface area contributed by atoms with Crippen molar-refractivity contribution in [1.29, 1.82) is 0 Å². The van der Waals surface area contributed by atoms with E-state index in [9.17, 15) is 4.91 Å². The molecule has 0 bridgehead atoms. The first-order valence-corrected chi connectivity index (χ1v) is 4.85. The first kappa shape index (κ1) is 12.8. The van der Waals surface area contributed by atoms with Gasteiger partial charge in [-0.3, -0.25) is 0 Å². The Morgan fingerprint density at radius 2 is 2.00 bits per heavy atom. The third kappa shape index (κ3) is 3.66. The highest BCUT2D eigenvalue weighted by molar-refractivity contribution is 5.30. The van der Waals surface area contributed by atoms with Gasteiger partial charge in [-0.15, -0.1) is 0 Å². The summed E-state index contributed by atoms with van der Waals surface area (Å²) >= 11 is 0. The van der Waals surface area contributed by atoms with Crippen molar-refractivity contribution in [3.8, 4) is 0 Å². The average Bonchev–Trinajstić information content (AvgIpc) is 2.24. The summed E-state index contributed by atoms with van der Waals surface area (Å²) in [5, 5.41) is 2.84. The highest BCUT2D eigenvalue weighted by Gasteiger charge is 1.98. The van der Waals surface area contributed by atoms with E-state index < -0.39 is 0 Å². The average molecular weight is 194 g/mol. The van der Waals surface area contributed by atoms with Crippen molar-refractivity contribution in [3.63, 3.8) is 0 Å². The van der Waals surface area contributed by atoms with Crippen molar-refractivity contribution in [1.82, 2.24) is 0 Å². The van der Waals surface area contributed by atoms with E-state index in [1.165, 1.54) is 0 Å². The highest BCUT2D eigenvalue weighted by atomic mass is 16.3. The fraction of sp³-hybridized carbons (Fsp3) is 0.455. The standard InChI is InChI=1S/C9H12N2O.C2H6/c1-7-4-8(5-10)2-3-9(7)6-11-12;1-2/h2-4H,5-6,10H2,1H3;1-2H3. The summed E-state index contributed by atoms with van der Waals surface area (Å²) in [6, 6.07) is 5.81. The maximum atomic E-state index is 10.0. The smallest absolute Gasteiger partial charge is 0.106 e. The molecular weight excluding hydrogens is 176 g/mol. The summed E-state index contributed by atoms with van der Waals surface area (Å²) in [7, 11) is 0. The molecule has 14 heavy (non-hydrogen) atoms. The summed E-state index contributed by atoms with van der Waals surface area (Å²) in [5.74, 6) is 0. The Morgan fingerprint density at radius 1 is 1.36 bits per heavy atom. The Bertz CT molecular complexity index is 285. The normalized spacial score (nSPS) is 8.86. The molecule has 0 aliphatic heterocycles. The summed E-state index contributed by atoms with van der Waals surface area (Å²) in [5.41, 5.74) is 8.60. The van der Waals surface area contributed by atoms with Crippen molar-refractivity contribution in [2.45, 2.75) is 33.9 Å². The first-order valence-electron chi connectivity index (χ1n) is 4.85. The molecule has 1 aromatic carbocycles. The van der Waals surface area contributed by atoms with Crippen LogP contribution in [0.5, 0.6) is 0 Å². The van der Waals surface area contributed by atoms with Crippen molar-refractivity contribution in [2.24, 2.45) is 10.9 Å². The third-order valence-electron chi connectivity index (χ3n) is 1.88. The van der Waals surface area contributed by atoms with Gasteiger partial charge in [0.2, 0.25) is 0 Å². The van der Waals surface area contributed by atoms with Gasteiger partial charge >= 0.3 is 0 Å². The molecule has 78 valence electrons. The number of hydrogen-bond donors (Lipinski definition) is 1. The van der Waals surface area contributed by atoms with Gasteiger partial charge in [0.25, 0.3) is 0 Å². The van der Waals surface area contributed by atoms with Crippen LogP contribution < -0.4 is 5.73 Å². The van der Waals surface area contributed by atoms with Crippen LogP contribution in [0.25, 0.3) is 0 Å². The third-order valence-corrected chi connectivity index (χ3v) is 1.88. The van der Waals surface area contributed by atoms with E-state index in [1.807, 2.05) is 39.0 Å². The number of hydrogen-bond acceptors (Lipinski definition) is 3. The maximum Gasteiger partial charge on any atom is 0.106 e. The lowest BCUT2D eigenvalue weighted by Gasteiger charge is -2.03. The number of rotatable bonds is 3. The Hall–Kier alpha value is -1.22. The van der Waals surface area contributed by atoms with Gasteiger partial charge in [-0.05, 0) is 23.6 Å². The molecule has 0 fully saturated rings. The van der Waals surface area contributed by atoms with E-state index in [4.69, 9.17) is 5.73 Å². The second kappa shape index (κ2) is 7.21. The minimum atomic E-state index is 0.247. The number of aryl methyl sites for hydroxylation is 1. The highest BCUT2D eigenvalue weighted by Crippen LogP contribution is 2.11. The van der Waals surface area contributed by atoms with Crippen LogP contribution in [0.2, 0.25) is 0 Å². The molecule has 0 spiro atoms. The second-order valence-electron chi connectivity index (χ2n) is 2.75. The minimum absolute atomic E-state index is 0.247. The monoisotopic (exact) mass is 194 g/mol. The fourth-order valence-electron chi connectivity index (χ4n) is 1.13. The van der Waals surface area contributed by atoms with Crippen molar-refractivity contribution < 1.29 is 0 Å². The van der Waals surface area contributed by atoms with Gasteiger partial charge in [-0.25, -0.2) is 0 Å². The molecule has 3 nitrogen and oxygen atoms in total. The molecule has 3 heteroatoms. The van der Waals surface area contributed by atoms with E-state index in [0.29, 0.717) is 6.54 Å². The molecule has 0 radical (unpaired) electrons. The van der Waals surface area contributed by atoms with Crippen LogP contribution in [0.4, 0.5) is 0 Å². The Labute approximate surface area is 85.3 Å². The molecule has 0 aliphatic rings. The summed E-state index contributed by atoms with van der Waals surface area (Å²) in [4.78, 5) is 10.0. The SMILES string of the molecule is CC.Cc1cc(CN)ccc1CN=O. The minimum Gasteiger partial charge on any atom is -0.326 e. The van der Waals surface area contributed by atoms with Gasteiger partial charge in [-0.2, -0.15) is 4.91 Å². The number of nitrogens with zero attached hydrogens (tertiary/aromatic N) is 1. The Kier molecular flexibility index (Phi) is 6.58. The molecule has 0 saturated heterocycles. The lowest BCUT2D eigenvalue weighted by Crippen LogP contribution is -1.97. The molecule has 0 amide bonds. The van der Waals surface area contributed by atoms with E-state index in [2.05, 4.69) is 5.18 Å². The van der Waals surface area contributed by atoms with Crippen molar-refractivity contribution >= 4 is 0 Å². The summed E-state index contributed by atoms with van der Waals surface area (Å²) < 4.78 is 0. The zero-order valence-corrected chi connectivity index (χ0v) is 9.08. The molecule has 0 aromatic heterocycles. The van der Waals surface area contributed by atoms with Crippen LogP contribution in [0.3, 0.4) is 0 Å². The zero-order chi connectivity index (χ0) is 11.0. The largest absolute Gasteiger partial charge is 0.326 e. The molecule has 0 unspecified atom stereocenters. The van der Waals surface area contributed by atoms with Gasteiger partial charge in [0, 0.05) is 6.54 Å². The fourth-order valence-corrected chi connectivity index (χ4v) is 1.13. The molecule has 1 aromatic rings. The number of benzene rings is 1. The van der Waals surface area contributed by atoms with E-state index in [1.54, 1.807) is 0 Å². The quantitative estimate of drug-likeness (QED) is 0.752. The summed E-state index contributed by atoms with van der Waals surface area (Å²) in [6.45, 7) is 6.74. The molecule has 2 N–H and O–H groups in total. The Balaban J connectivity index is 0.000000791. The van der Waals surface area contributed by atoms with E-state index in [-0.39, 0.29) is 6.54 Å². The van der Waals surface area contributed by atoms with Crippen LogP contribution in [0.1, 0.15) is 30.5 Å². The molecular formula is C11H18N2O. The first-order chi connectivity index (χ1) is 6.77. The maximum absolute atomic E-state index is 10.0. The second-order valence-corrected chi connectivity index (χ2v) is 2.75. The van der Waals surface area contributed by atoms with Gasteiger partial charge in [0.05, 0.1) is 0 Å². The topological polar surface area (TPSA) is 55.4 Å². The van der Waals surface area contributed by atoms with E-state index in [0.717, 1.165) is 16.7 Å². The molecule has 1 rings (SSSR count). The predicted octanol–water partition coefficient (Wildman–Crippen LogP) is 2.75. The van der Waals surface area contributed by atoms with Crippen LogP contribution in [-0.2, 0) is 13.1 Å². The number of nitroso groups, excluding NO2 is 1. The van der Waals surface area contributed by atoms with Crippen LogP contribution in [0.15, 0.2) is 23.4 Å². The summed E-state index contributed by atoms with van der Waals surface area (Å²) in [6.07, 6.45) is 0. The van der Waals surface area contributed by atoms with Gasteiger partial charge in [0.1, 0.15) is 6.54 Å². The lowest BCUT2D eigenvalue weighted by molar-refractivity contribution is 1.01. The Morgan fingerprint density at radius 3 is 2.43 bits per heavy atom. The molecule has 0 atom stereocenters. The van der Waals surface area contributed by atoms with Gasteiger partial charge < -0.3 is 5.73 Å². The molecule has 0 heterocycles. The van der Waals surface area contributed by atoms with Crippen LogP contribution >= 0.6 is 0 Å². The molecule has 0 saturated carbocycles. The van der Waals surface area contributed by atoms with E-state index >= 15 is 0 Å². The van der Waals surface area contributed by atoms with Gasteiger partial charge in [-0.1, -0.05) is 37.2 Å². The lowest BCUT2D eigenvalue weighted by atomic mass is 10.1. The van der Waals surface area contributed by atoms with Crippen molar-refractivity contribution in [3.05, 3.63) is 39.8 Å². The molecule has 0 aliphatic carbocycles. The van der Waals surface area contributed by atoms with Crippen LogP contribution in [0, 0.1) is 11.8 Å². The predicted molar refractivity (Wildman–Crippen MR) is 59.9 cm³/mol.